The fourth-order valence-corrected chi connectivity index (χ4v) is 2.18. The number of rotatable bonds is 1. The van der Waals surface area contributed by atoms with Crippen molar-refractivity contribution in [2.75, 3.05) is 32.4 Å². The van der Waals surface area contributed by atoms with Gasteiger partial charge < -0.3 is 15.5 Å². The predicted molar refractivity (Wildman–Crippen MR) is 63.4 cm³/mol. The van der Waals surface area contributed by atoms with Crippen LogP contribution >= 0.6 is 0 Å². The largest absolute Gasteiger partial charge is 0.366 e. The molecular formula is C10H18N6O. The fourth-order valence-electron chi connectivity index (χ4n) is 2.18. The third kappa shape index (κ3) is 2.55. The molecule has 0 spiro atoms. The number of nitrogens with one attached hydrogen (secondary N) is 1. The Hall–Kier alpha value is -1.63. The summed E-state index contributed by atoms with van der Waals surface area (Å²) in [5.41, 5.74) is 5.40. The van der Waals surface area contributed by atoms with Gasteiger partial charge in [-0.1, -0.05) is 0 Å². The zero-order chi connectivity index (χ0) is 12.4. The molecule has 1 atom stereocenters. The quantitative estimate of drug-likeness (QED) is 0.691. The van der Waals surface area contributed by atoms with Crippen LogP contribution in [-0.2, 0) is 0 Å². The standard InChI is InChI=1S/C10H18N6O/c1-7-6-15(2)4-3-5-16(7)9(17)8-12-10(11)14-13-8/h7H,3-6H2,1-2H3,(H3,11,12,13,14). The lowest BCUT2D eigenvalue weighted by molar-refractivity contribution is 0.0684. The summed E-state index contributed by atoms with van der Waals surface area (Å²) in [6.45, 7) is 4.66. The van der Waals surface area contributed by atoms with E-state index in [9.17, 15) is 4.79 Å². The lowest BCUT2D eigenvalue weighted by Crippen LogP contribution is -2.42. The van der Waals surface area contributed by atoms with Gasteiger partial charge in [-0.15, -0.1) is 5.10 Å². The van der Waals surface area contributed by atoms with E-state index >= 15 is 0 Å². The zero-order valence-electron chi connectivity index (χ0n) is 10.2. The molecule has 0 aromatic carbocycles. The van der Waals surface area contributed by atoms with E-state index in [2.05, 4.69) is 27.1 Å². The van der Waals surface area contributed by atoms with Crippen molar-refractivity contribution in [2.45, 2.75) is 19.4 Å². The highest BCUT2D eigenvalue weighted by Gasteiger charge is 2.26. The number of aromatic amines is 1. The average molecular weight is 238 g/mol. The third-order valence-electron chi connectivity index (χ3n) is 3.01. The van der Waals surface area contributed by atoms with Crippen LogP contribution in [0.5, 0.6) is 0 Å². The van der Waals surface area contributed by atoms with Crippen molar-refractivity contribution < 1.29 is 4.79 Å². The Balaban J connectivity index is 2.12. The molecule has 1 aromatic heterocycles. The first kappa shape index (κ1) is 11.8. The molecule has 0 saturated carbocycles. The van der Waals surface area contributed by atoms with Gasteiger partial charge in [0.05, 0.1) is 0 Å². The molecule has 1 amide bonds. The molecule has 1 saturated heterocycles. The van der Waals surface area contributed by atoms with Crippen LogP contribution in [-0.4, -0.2) is 63.6 Å². The number of likely N-dealkylation sites (N-methyl/N-ethyl adjacent to an activating group) is 1. The van der Waals surface area contributed by atoms with Gasteiger partial charge in [-0.2, -0.15) is 4.98 Å². The lowest BCUT2D eigenvalue weighted by atomic mass is 10.2. The molecule has 1 unspecified atom stereocenters. The number of anilines is 1. The van der Waals surface area contributed by atoms with Crippen LogP contribution in [0, 0.1) is 0 Å². The first-order chi connectivity index (χ1) is 8.08. The van der Waals surface area contributed by atoms with Gasteiger partial charge >= 0.3 is 0 Å². The molecule has 0 aliphatic carbocycles. The third-order valence-corrected chi connectivity index (χ3v) is 3.01. The highest BCUT2D eigenvalue weighted by molar-refractivity contribution is 5.90. The fraction of sp³-hybridized carbons (Fsp3) is 0.700. The number of carbonyl (C=O) groups is 1. The molecule has 1 aliphatic rings. The van der Waals surface area contributed by atoms with Crippen LogP contribution in [0.1, 0.15) is 24.0 Å². The molecule has 0 bridgehead atoms. The van der Waals surface area contributed by atoms with E-state index in [1.165, 1.54) is 0 Å². The second-order valence-electron chi connectivity index (χ2n) is 4.51. The first-order valence-corrected chi connectivity index (χ1v) is 5.75. The van der Waals surface area contributed by atoms with Crippen LogP contribution in [0.3, 0.4) is 0 Å². The van der Waals surface area contributed by atoms with Crippen molar-refractivity contribution in [3.8, 4) is 0 Å². The molecule has 3 N–H and O–H groups in total. The Labute approximate surface area is 100.0 Å². The number of hydrogen-bond acceptors (Lipinski definition) is 5. The summed E-state index contributed by atoms with van der Waals surface area (Å²) in [6, 6.07) is 0.168. The van der Waals surface area contributed by atoms with E-state index in [-0.39, 0.29) is 23.7 Å². The van der Waals surface area contributed by atoms with Crippen molar-refractivity contribution in [1.82, 2.24) is 25.0 Å². The van der Waals surface area contributed by atoms with Crippen LogP contribution in [0.2, 0.25) is 0 Å². The molecule has 1 aromatic rings. The van der Waals surface area contributed by atoms with Gasteiger partial charge in [0.1, 0.15) is 0 Å². The molecule has 7 nitrogen and oxygen atoms in total. The summed E-state index contributed by atoms with van der Waals surface area (Å²) in [5, 5.41) is 6.24. The van der Waals surface area contributed by atoms with Crippen molar-refractivity contribution in [1.29, 1.82) is 0 Å². The molecule has 2 rings (SSSR count). The Bertz CT molecular complexity index is 403. The summed E-state index contributed by atoms with van der Waals surface area (Å²) in [6.07, 6.45) is 0.968. The second kappa shape index (κ2) is 4.70. The van der Waals surface area contributed by atoms with Gasteiger partial charge in [-0.3, -0.25) is 9.89 Å². The molecule has 7 heteroatoms. The smallest absolute Gasteiger partial charge is 0.291 e. The van der Waals surface area contributed by atoms with Crippen molar-refractivity contribution in [3.63, 3.8) is 0 Å². The van der Waals surface area contributed by atoms with Gasteiger partial charge in [-0.05, 0) is 26.9 Å². The summed E-state index contributed by atoms with van der Waals surface area (Å²) >= 11 is 0. The Morgan fingerprint density at radius 3 is 2.94 bits per heavy atom. The molecule has 1 aliphatic heterocycles. The summed E-state index contributed by atoms with van der Waals surface area (Å²) < 4.78 is 0. The number of amides is 1. The van der Waals surface area contributed by atoms with E-state index in [0.717, 1.165) is 26.1 Å². The van der Waals surface area contributed by atoms with Crippen LogP contribution < -0.4 is 5.73 Å². The minimum absolute atomic E-state index is 0.105. The summed E-state index contributed by atoms with van der Waals surface area (Å²) in [4.78, 5) is 20.1. The maximum Gasteiger partial charge on any atom is 0.291 e. The van der Waals surface area contributed by atoms with Gasteiger partial charge in [0.2, 0.25) is 11.8 Å². The Morgan fingerprint density at radius 2 is 2.29 bits per heavy atom. The Kier molecular flexibility index (Phi) is 3.28. The van der Waals surface area contributed by atoms with Gasteiger partial charge in [-0.25, -0.2) is 0 Å². The average Bonchev–Trinajstić information content (AvgIpc) is 2.62. The second-order valence-corrected chi connectivity index (χ2v) is 4.51. The van der Waals surface area contributed by atoms with Crippen LogP contribution in [0.25, 0.3) is 0 Å². The molecule has 2 heterocycles. The number of hydrogen-bond donors (Lipinski definition) is 2. The Morgan fingerprint density at radius 1 is 1.53 bits per heavy atom. The maximum atomic E-state index is 12.2. The molecule has 0 radical (unpaired) electrons. The maximum absolute atomic E-state index is 12.2. The van der Waals surface area contributed by atoms with Gasteiger partial charge in [0.25, 0.3) is 5.91 Å². The predicted octanol–water partition coefficient (Wildman–Crippen LogP) is -0.447. The first-order valence-electron chi connectivity index (χ1n) is 5.75. The van der Waals surface area contributed by atoms with E-state index in [1.807, 2.05) is 11.8 Å². The highest BCUT2D eigenvalue weighted by Crippen LogP contribution is 2.11. The van der Waals surface area contributed by atoms with Gasteiger partial charge in [0.15, 0.2) is 0 Å². The van der Waals surface area contributed by atoms with E-state index in [4.69, 9.17) is 5.73 Å². The number of H-pyrrole nitrogens is 1. The number of nitrogens with two attached hydrogens (primary N) is 1. The minimum Gasteiger partial charge on any atom is -0.366 e. The van der Waals surface area contributed by atoms with Crippen molar-refractivity contribution in [3.05, 3.63) is 5.82 Å². The summed E-state index contributed by atoms with van der Waals surface area (Å²) in [7, 11) is 2.07. The van der Waals surface area contributed by atoms with Gasteiger partial charge in [0, 0.05) is 19.1 Å². The topological polar surface area (TPSA) is 91.1 Å². The van der Waals surface area contributed by atoms with E-state index in [0.29, 0.717) is 0 Å². The minimum atomic E-state index is -0.128. The highest BCUT2D eigenvalue weighted by atomic mass is 16.2. The van der Waals surface area contributed by atoms with E-state index < -0.39 is 0 Å². The monoisotopic (exact) mass is 238 g/mol. The number of nitrogen functional groups attached to an aromatic ring is 1. The van der Waals surface area contributed by atoms with Crippen molar-refractivity contribution >= 4 is 11.9 Å². The number of carbonyl (C=O) groups excluding carboxylic acids is 1. The SMILES string of the molecule is CC1CN(C)CCCN1C(=O)c1nc(N)n[nH]1. The number of aromatic nitrogens is 3. The molecule has 94 valence electrons. The lowest BCUT2D eigenvalue weighted by Gasteiger charge is -2.26. The normalized spacial score (nSPS) is 22.5. The summed E-state index contributed by atoms with van der Waals surface area (Å²) in [5.74, 6) is 0.198. The van der Waals surface area contributed by atoms with E-state index in [1.54, 1.807) is 0 Å². The molecule has 17 heavy (non-hydrogen) atoms. The molecule has 1 fully saturated rings. The van der Waals surface area contributed by atoms with Crippen LogP contribution in [0.15, 0.2) is 0 Å². The van der Waals surface area contributed by atoms with Crippen LogP contribution in [0.4, 0.5) is 5.95 Å². The number of nitrogens with zero attached hydrogens (tertiary/aromatic N) is 4. The zero-order valence-corrected chi connectivity index (χ0v) is 10.2. The van der Waals surface area contributed by atoms with Crippen molar-refractivity contribution in [2.24, 2.45) is 0 Å². The molecular weight excluding hydrogens is 220 g/mol.